The molecule has 0 fully saturated rings. The second-order valence-electron chi connectivity index (χ2n) is 3.91. The zero-order valence-corrected chi connectivity index (χ0v) is 12.8. The Morgan fingerprint density at radius 1 is 1.06 bits per heavy atom. The van der Waals surface area contributed by atoms with Crippen LogP contribution in [0.15, 0.2) is 39.4 Å². The number of nitrogens with zero attached hydrogens (tertiary/aromatic N) is 1. The van der Waals surface area contributed by atoms with Gasteiger partial charge in [0.05, 0.1) is 0 Å². The summed E-state index contributed by atoms with van der Waals surface area (Å²) < 4.78 is 2.14. The number of aromatic nitrogens is 1. The van der Waals surface area contributed by atoms with Gasteiger partial charge in [-0.25, -0.2) is 4.98 Å². The first-order chi connectivity index (χ1) is 8.06. The standard InChI is InChI=1S/C13H12Br2N2/c1-8-5-11(6-9(2)13(8)15)17-12-4-3-10(14)7-16-12/h3-7H,1-2H3,(H,16,17). The third-order valence-corrected chi connectivity index (χ3v) is 4.16. The molecule has 1 aromatic heterocycles. The third kappa shape index (κ3) is 3.07. The van der Waals surface area contributed by atoms with Crippen LogP contribution >= 0.6 is 31.9 Å². The summed E-state index contributed by atoms with van der Waals surface area (Å²) in [5.41, 5.74) is 3.48. The molecule has 0 radical (unpaired) electrons. The molecule has 1 heterocycles. The van der Waals surface area contributed by atoms with Gasteiger partial charge in [-0.05, 0) is 65.2 Å². The molecule has 1 N–H and O–H groups in total. The molecule has 0 saturated carbocycles. The fourth-order valence-corrected chi connectivity index (χ4v) is 2.08. The molecule has 2 aromatic rings. The van der Waals surface area contributed by atoms with E-state index < -0.39 is 0 Å². The largest absolute Gasteiger partial charge is 0.340 e. The zero-order chi connectivity index (χ0) is 12.4. The molecule has 0 aliphatic carbocycles. The molecule has 4 heteroatoms. The van der Waals surface area contributed by atoms with E-state index in [0.717, 1.165) is 20.5 Å². The second kappa shape index (κ2) is 5.19. The van der Waals surface area contributed by atoms with E-state index in [9.17, 15) is 0 Å². The predicted octanol–water partition coefficient (Wildman–Crippen LogP) is 4.97. The van der Waals surface area contributed by atoms with E-state index in [1.54, 1.807) is 6.20 Å². The lowest BCUT2D eigenvalue weighted by molar-refractivity contribution is 1.28. The van der Waals surface area contributed by atoms with Crippen molar-refractivity contribution in [2.45, 2.75) is 13.8 Å². The number of benzene rings is 1. The molecule has 17 heavy (non-hydrogen) atoms. The molecule has 1 aromatic carbocycles. The number of anilines is 2. The Balaban J connectivity index is 2.27. The summed E-state index contributed by atoms with van der Waals surface area (Å²) in [6, 6.07) is 8.10. The summed E-state index contributed by atoms with van der Waals surface area (Å²) >= 11 is 6.93. The van der Waals surface area contributed by atoms with Gasteiger partial charge < -0.3 is 5.32 Å². The summed E-state index contributed by atoms with van der Waals surface area (Å²) in [5, 5.41) is 3.29. The van der Waals surface area contributed by atoms with Gasteiger partial charge in [0.25, 0.3) is 0 Å². The van der Waals surface area contributed by atoms with E-state index >= 15 is 0 Å². The Kier molecular flexibility index (Phi) is 3.84. The maximum absolute atomic E-state index is 4.29. The molecule has 0 saturated heterocycles. The van der Waals surface area contributed by atoms with Crippen LogP contribution in [0.3, 0.4) is 0 Å². The van der Waals surface area contributed by atoms with Crippen molar-refractivity contribution in [2.75, 3.05) is 5.32 Å². The summed E-state index contributed by atoms with van der Waals surface area (Å²) in [4.78, 5) is 4.29. The van der Waals surface area contributed by atoms with Crippen molar-refractivity contribution >= 4 is 43.4 Å². The third-order valence-electron chi connectivity index (χ3n) is 2.44. The lowest BCUT2D eigenvalue weighted by Gasteiger charge is -2.10. The highest BCUT2D eigenvalue weighted by atomic mass is 79.9. The maximum Gasteiger partial charge on any atom is 0.130 e. The average Bonchev–Trinajstić information content (AvgIpc) is 2.29. The van der Waals surface area contributed by atoms with Crippen LogP contribution in [0, 0.1) is 13.8 Å². The highest BCUT2D eigenvalue weighted by Gasteiger charge is 2.03. The molecular formula is C13H12Br2N2. The lowest BCUT2D eigenvalue weighted by atomic mass is 10.1. The first kappa shape index (κ1) is 12.6. The number of aryl methyl sites for hydroxylation is 2. The van der Waals surface area contributed by atoms with Gasteiger partial charge in [0.15, 0.2) is 0 Å². The molecule has 2 nitrogen and oxygen atoms in total. The number of nitrogens with one attached hydrogen (secondary N) is 1. The fourth-order valence-electron chi connectivity index (χ4n) is 1.62. The van der Waals surface area contributed by atoms with Gasteiger partial charge in [-0.3, -0.25) is 0 Å². The van der Waals surface area contributed by atoms with Crippen LogP contribution in [0.25, 0.3) is 0 Å². The van der Waals surface area contributed by atoms with Gasteiger partial charge in [-0.2, -0.15) is 0 Å². The molecule has 0 spiro atoms. The molecular weight excluding hydrogens is 344 g/mol. The fraction of sp³-hybridized carbons (Fsp3) is 0.154. The average molecular weight is 356 g/mol. The zero-order valence-electron chi connectivity index (χ0n) is 9.59. The van der Waals surface area contributed by atoms with Crippen LogP contribution in [0.2, 0.25) is 0 Å². The summed E-state index contributed by atoms with van der Waals surface area (Å²) in [5.74, 6) is 0.842. The molecule has 0 bridgehead atoms. The van der Waals surface area contributed by atoms with Gasteiger partial charge in [-0.1, -0.05) is 15.9 Å². The van der Waals surface area contributed by atoms with Crippen molar-refractivity contribution in [2.24, 2.45) is 0 Å². The van der Waals surface area contributed by atoms with Crippen molar-refractivity contribution < 1.29 is 0 Å². The number of halogens is 2. The Morgan fingerprint density at radius 3 is 2.24 bits per heavy atom. The first-order valence-electron chi connectivity index (χ1n) is 5.21. The van der Waals surface area contributed by atoms with Crippen molar-refractivity contribution in [1.29, 1.82) is 0 Å². The highest BCUT2D eigenvalue weighted by molar-refractivity contribution is 9.10. The minimum Gasteiger partial charge on any atom is -0.340 e. The van der Waals surface area contributed by atoms with Gasteiger partial charge in [0.1, 0.15) is 5.82 Å². The van der Waals surface area contributed by atoms with Gasteiger partial charge in [0.2, 0.25) is 0 Å². The van der Waals surface area contributed by atoms with E-state index in [1.807, 2.05) is 12.1 Å². The normalized spacial score (nSPS) is 10.4. The van der Waals surface area contributed by atoms with Crippen molar-refractivity contribution in [1.82, 2.24) is 4.98 Å². The molecule has 0 amide bonds. The molecule has 0 aliphatic heterocycles. The summed E-state index contributed by atoms with van der Waals surface area (Å²) in [6.45, 7) is 4.16. The van der Waals surface area contributed by atoms with Crippen LogP contribution in [0.5, 0.6) is 0 Å². The van der Waals surface area contributed by atoms with Crippen LogP contribution in [-0.4, -0.2) is 4.98 Å². The Bertz CT molecular complexity index is 513. The van der Waals surface area contributed by atoms with Crippen molar-refractivity contribution in [3.05, 3.63) is 50.5 Å². The molecule has 0 atom stereocenters. The molecule has 2 rings (SSSR count). The molecule has 88 valence electrons. The Hall–Kier alpha value is -0.870. The van der Waals surface area contributed by atoms with E-state index in [0.29, 0.717) is 0 Å². The summed E-state index contributed by atoms with van der Waals surface area (Å²) in [6.07, 6.45) is 1.78. The van der Waals surface area contributed by atoms with Crippen LogP contribution in [0.4, 0.5) is 11.5 Å². The highest BCUT2D eigenvalue weighted by Crippen LogP contribution is 2.26. The summed E-state index contributed by atoms with van der Waals surface area (Å²) in [7, 11) is 0. The second-order valence-corrected chi connectivity index (χ2v) is 5.62. The smallest absolute Gasteiger partial charge is 0.130 e. The predicted molar refractivity (Wildman–Crippen MR) is 78.8 cm³/mol. The number of rotatable bonds is 2. The molecule has 0 unspecified atom stereocenters. The monoisotopic (exact) mass is 354 g/mol. The molecule has 0 aliphatic rings. The first-order valence-corrected chi connectivity index (χ1v) is 6.80. The number of hydrogen-bond donors (Lipinski definition) is 1. The number of hydrogen-bond acceptors (Lipinski definition) is 2. The lowest BCUT2D eigenvalue weighted by Crippen LogP contribution is -1.94. The van der Waals surface area contributed by atoms with E-state index in [4.69, 9.17) is 0 Å². The van der Waals surface area contributed by atoms with Crippen LogP contribution < -0.4 is 5.32 Å². The van der Waals surface area contributed by atoms with Crippen LogP contribution in [-0.2, 0) is 0 Å². The Labute approximate surface area is 118 Å². The van der Waals surface area contributed by atoms with E-state index in [2.05, 4.69) is 68.1 Å². The van der Waals surface area contributed by atoms with Gasteiger partial charge >= 0.3 is 0 Å². The maximum atomic E-state index is 4.29. The van der Waals surface area contributed by atoms with E-state index in [1.165, 1.54) is 11.1 Å². The SMILES string of the molecule is Cc1cc(Nc2ccc(Br)cn2)cc(C)c1Br. The minimum atomic E-state index is 0.842. The van der Waals surface area contributed by atoms with Gasteiger partial charge in [-0.15, -0.1) is 0 Å². The van der Waals surface area contributed by atoms with E-state index in [-0.39, 0.29) is 0 Å². The quantitative estimate of drug-likeness (QED) is 0.822. The van der Waals surface area contributed by atoms with Crippen LogP contribution in [0.1, 0.15) is 11.1 Å². The number of pyridine rings is 1. The minimum absolute atomic E-state index is 0.842. The Morgan fingerprint density at radius 2 is 1.71 bits per heavy atom. The topological polar surface area (TPSA) is 24.9 Å². The van der Waals surface area contributed by atoms with Crippen molar-refractivity contribution in [3.8, 4) is 0 Å². The van der Waals surface area contributed by atoms with Crippen molar-refractivity contribution in [3.63, 3.8) is 0 Å². The van der Waals surface area contributed by atoms with Gasteiger partial charge in [0, 0.05) is 20.8 Å².